The first-order valence-corrected chi connectivity index (χ1v) is 8.10. The molecule has 3 rings (SSSR count). The zero-order valence-corrected chi connectivity index (χ0v) is 13.5. The van der Waals surface area contributed by atoms with Gasteiger partial charge < -0.3 is 9.64 Å². The van der Waals surface area contributed by atoms with Crippen molar-refractivity contribution in [2.75, 3.05) is 19.7 Å². The van der Waals surface area contributed by atoms with E-state index in [1.54, 1.807) is 30.2 Å². The molecule has 0 bridgehead atoms. The van der Waals surface area contributed by atoms with Crippen molar-refractivity contribution in [1.29, 1.82) is 0 Å². The number of piperidine rings is 1. The molecule has 0 saturated carbocycles. The highest BCUT2D eigenvalue weighted by Gasteiger charge is 2.30. The Kier molecular flexibility index (Phi) is 4.74. The SMILES string of the molecule is CCOC(=O)C1CCCN(C(=O)c2cc(F)cc3cccnc23)C1. The van der Waals surface area contributed by atoms with Crippen molar-refractivity contribution in [1.82, 2.24) is 9.88 Å². The van der Waals surface area contributed by atoms with E-state index < -0.39 is 5.82 Å². The van der Waals surface area contributed by atoms with E-state index in [4.69, 9.17) is 4.74 Å². The summed E-state index contributed by atoms with van der Waals surface area (Å²) >= 11 is 0. The van der Waals surface area contributed by atoms with Gasteiger partial charge in [0.2, 0.25) is 0 Å². The van der Waals surface area contributed by atoms with E-state index in [2.05, 4.69) is 4.98 Å². The van der Waals surface area contributed by atoms with E-state index in [9.17, 15) is 14.0 Å². The zero-order valence-electron chi connectivity index (χ0n) is 13.5. The molecule has 0 aliphatic carbocycles. The van der Waals surface area contributed by atoms with Gasteiger partial charge in [0.25, 0.3) is 5.91 Å². The van der Waals surface area contributed by atoms with Gasteiger partial charge in [-0.2, -0.15) is 0 Å². The Hall–Kier alpha value is -2.50. The molecule has 1 aliphatic rings. The van der Waals surface area contributed by atoms with E-state index >= 15 is 0 Å². The van der Waals surface area contributed by atoms with Gasteiger partial charge in [-0.15, -0.1) is 0 Å². The lowest BCUT2D eigenvalue weighted by molar-refractivity contribution is -0.149. The molecule has 1 aliphatic heterocycles. The summed E-state index contributed by atoms with van der Waals surface area (Å²) in [6.45, 7) is 2.91. The summed E-state index contributed by atoms with van der Waals surface area (Å²) < 4.78 is 18.9. The highest BCUT2D eigenvalue weighted by molar-refractivity contribution is 6.05. The molecular formula is C18H19FN2O3. The van der Waals surface area contributed by atoms with Crippen molar-refractivity contribution in [2.45, 2.75) is 19.8 Å². The molecule has 0 N–H and O–H groups in total. The van der Waals surface area contributed by atoms with Crippen LogP contribution in [-0.4, -0.2) is 41.5 Å². The van der Waals surface area contributed by atoms with Crippen molar-refractivity contribution in [3.63, 3.8) is 0 Å². The van der Waals surface area contributed by atoms with Gasteiger partial charge in [0.1, 0.15) is 5.82 Å². The normalized spacial score (nSPS) is 17.8. The lowest BCUT2D eigenvalue weighted by atomic mass is 9.97. The first-order valence-electron chi connectivity index (χ1n) is 8.10. The third kappa shape index (κ3) is 3.22. The average Bonchev–Trinajstić information content (AvgIpc) is 2.60. The summed E-state index contributed by atoms with van der Waals surface area (Å²) in [6, 6.07) is 6.00. The van der Waals surface area contributed by atoms with E-state index in [0.29, 0.717) is 37.0 Å². The number of carbonyl (C=O) groups is 2. The molecule has 126 valence electrons. The van der Waals surface area contributed by atoms with E-state index in [-0.39, 0.29) is 23.4 Å². The molecule has 1 fully saturated rings. The van der Waals surface area contributed by atoms with Crippen LogP contribution in [0.1, 0.15) is 30.1 Å². The number of rotatable bonds is 3. The van der Waals surface area contributed by atoms with Gasteiger partial charge in [0, 0.05) is 24.7 Å². The molecule has 1 atom stereocenters. The largest absolute Gasteiger partial charge is 0.466 e. The Bertz CT molecular complexity index is 778. The molecule has 6 heteroatoms. The summed E-state index contributed by atoms with van der Waals surface area (Å²) in [6.07, 6.45) is 3.00. The lowest BCUT2D eigenvalue weighted by Gasteiger charge is -2.31. The maximum absolute atomic E-state index is 13.9. The fraction of sp³-hybridized carbons (Fsp3) is 0.389. The number of likely N-dealkylation sites (tertiary alicyclic amines) is 1. The number of benzene rings is 1. The maximum atomic E-state index is 13.9. The fourth-order valence-corrected chi connectivity index (χ4v) is 3.10. The van der Waals surface area contributed by atoms with Crippen molar-refractivity contribution in [2.24, 2.45) is 5.92 Å². The number of hydrogen-bond acceptors (Lipinski definition) is 4. The number of pyridine rings is 1. The van der Waals surface area contributed by atoms with Crippen molar-refractivity contribution in [3.8, 4) is 0 Å². The van der Waals surface area contributed by atoms with Crippen LogP contribution in [0.2, 0.25) is 0 Å². The molecular weight excluding hydrogens is 311 g/mol. The van der Waals surface area contributed by atoms with Crippen LogP contribution in [-0.2, 0) is 9.53 Å². The Morgan fingerprint density at radius 1 is 1.42 bits per heavy atom. The number of amides is 1. The molecule has 1 amide bonds. The summed E-state index contributed by atoms with van der Waals surface area (Å²) in [7, 11) is 0. The van der Waals surface area contributed by atoms with Crippen LogP contribution < -0.4 is 0 Å². The Morgan fingerprint density at radius 2 is 2.25 bits per heavy atom. The number of aromatic nitrogens is 1. The van der Waals surface area contributed by atoms with Gasteiger partial charge in [0.15, 0.2) is 0 Å². The van der Waals surface area contributed by atoms with Crippen LogP contribution in [0.5, 0.6) is 0 Å². The van der Waals surface area contributed by atoms with E-state index in [0.717, 1.165) is 6.42 Å². The minimum Gasteiger partial charge on any atom is -0.466 e. The van der Waals surface area contributed by atoms with Crippen LogP contribution in [0.15, 0.2) is 30.5 Å². The van der Waals surface area contributed by atoms with Crippen LogP contribution in [0.25, 0.3) is 10.9 Å². The van der Waals surface area contributed by atoms with Crippen LogP contribution >= 0.6 is 0 Å². The second kappa shape index (κ2) is 6.95. The monoisotopic (exact) mass is 330 g/mol. The first-order chi connectivity index (χ1) is 11.6. The molecule has 2 aromatic rings. The smallest absolute Gasteiger partial charge is 0.310 e. The minimum atomic E-state index is -0.474. The van der Waals surface area contributed by atoms with Gasteiger partial charge >= 0.3 is 5.97 Å². The number of hydrogen-bond donors (Lipinski definition) is 0. The van der Waals surface area contributed by atoms with Crippen LogP contribution in [0.4, 0.5) is 4.39 Å². The van der Waals surface area contributed by atoms with Crippen molar-refractivity contribution >= 4 is 22.8 Å². The molecule has 1 aromatic carbocycles. The first kappa shape index (κ1) is 16.4. The van der Waals surface area contributed by atoms with E-state index in [1.807, 2.05) is 0 Å². The molecule has 1 aromatic heterocycles. The van der Waals surface area contributed by atoms with E-state index in [1.165, 1.54) is 12.1 Å². The molecule has 5 nitrogen and oxygen atoms in total. The number of ether oxygens (including phenoxy) is 1. The van der Waals surface area contributed by atoms with Gasteiger partial charge in [-0.3, -0.25) is 14.6 Å². The van der Waals surface area contributed by atoms with Gasteiger partial charge in [0.05, 0.1) is 23.6 Å². The summed E-state index contributed by atoms with van der Waals surface area (Å²) in [5.41, 5.74) is 0.706. The van der Waals surface area contributed by atoms with Gasteiger partial charge in [-0.05, 0) is 38.0 Å². The van der Waals surface area contributed by atoms with Crippen LogP contribution in [0.3, 0.4) is 0 Å². The number of carbonyl (C=O) groups excluding carboxylic acids is 2. The van der Waals surface area contributed by atoms with Crippen LogP contribution in [0, 0.1) is 11.7 Å². The second-order valence-electron chi connectivity index (χ2n) is 5.87. The average molecular weight is 330 g/mol. The zero-order chi connectivity index (χ0) is 17.1. The highest BCUT2D eigenvalue weighted by Crippen LogP contribution is 2.24. The topological polar surface area (TPSA) is 59.5 Å². The number of fused-ring (bicyclic) bond motifs is 1. The third-order valence-electron chi connectivity index (χ3n) is 4.23. The van der Waals surface area contributed by atoms with Crippen molar-refractivity contribution < 1.29 is 18.7 Å². The molecule has 2 heterocycles. The number of halogens is 1. The quantitative estimate of drug-likeness (QED) is 0.812. The molecule has 24 heavy (non-hydrogen) atoms. The number of esters is 1. The maximum Gasteiger partial charge on any atom is 0.310 e. The standard InChI is InChI=1S/C18H19FN2O3/c1-2-24-18(23)13-6-4-8-21(11-13)17(22)15-10-14(19)9-12-5-3-7-20-16(12)15/h3,5,7,9-10,13H,2,4,6,8,11H2,1H3. The predicted octanol–water partition coefficient (Wildman–Crippen LogP) is 2.79. The van der Waals surface area contributed by atoms with Gasteiger partial charge in [-0.1, -0.05) is 6.07 Å². The predicted molar refractivity (Wildman–Crippen MR) is 87.0 cm³/mol. The lowest BCUT2D eigenvalue weighted by Crippen LogP contribution is -2.43. The Labute approximate surface area is 139 Å². The molecule has 1 saturated heterocycles. The molecule has 0 radical (unpaired) electrons. The molecule has 1 unspecified atom stereocenters. The minimum absolute atomic E-state index is 0.232. The fourth-order valence-electron chi connectivity index (χ4n) is 3.10. The Morgan fingerprint density at radius 3 is 3.04 bits per heavy atom. The number of nitrogens with zero attached hydrogens (tertiary/aromatic N) is 2. The Balaban J connectivity index is 1.88. The summed E-state index contributed by atoms with van der Waals surface area (Å²) in [4.78, 5) is 30.6. The third-order valence-corrected chi connectivity index (χ3v) is 4.23. The summed E-state index contributed by atoms with van der Waals surface area (Å²) in [5.74, 6) is -1.38. The van der Waals surface area contributed by atoms with Crippen molar-refractivity contribution in [3.05, 3.63) is 41.8 Å². The summed E-state index contributed by atoms with van der Waals surface area (Å²) in [5, 5.41) is 0.583. The highest BCUT2D eigenvalue weighted by atomic mass is 19.1. The molecule has 0 spiro atoms. The second-order valence-corrected chi connectivity index (χ2v) is 5.87. The van der Waals surface area contributed by atoms with Gasteiger partial charge in [-0.25, -0.2) is 4.39 Å².